The lowest BCUT2D eigenvalue weighted by atomic mass is 10.2. The maximum atomic E-state index is 12.9. The van der Waals surface area contributed by atoms with Gasteiger partial charge in [0, 0.05) is 17.3 Å². The summed E-state index contributed by atoms with van der Waals surface area (Å²) in [6.45, 7) is 3.59. The highest BCUT2D eigenvalue weighted by Gasteiger charge is 2.20. The lowest BCUT2D eigenvalue weighted by Gasteiger charge is -2.12. The van der Waals surface area contributed by atoms with Crippen molar-refractivity contribution in [2.45, 2.75) is 24.8 Å². The van der Waals surface area contributed by atoms with Crippen molar-refractivity contribution in [1.29, 1.82) is 0 Å². The fourth-order valence-corrected chi connectivity index (χ4v) is 3.51. The van der Waals surface area contributed by atoms with Crippen LogP contribution in [0.1, 0.15) is 24.2 Å². The van der Waals surface area contributed by atoms with E-state index in [0.29, 0.717) is 0 Å². The highest BCUT2D eigenvalue weighted by atomic mass is 35.5. The van der Waals surface area contributed by atoms with Crippen molar-refractivity contribution in [3.05, 3.63) is 58.9 Å². The molecule has 2 aromatic carbocycles. The van der Waals surface area contributed by atoms with Crippen LogP contribution in [-0.2, 0) is 10.0 Å². The summed E-state index contributed by atoms with van der Waals surface area (Å²) < 4.78 is 40.2. The van der Waals surface area contributed by atoms with Crippen molar-refractivity contribution in [2.24, 2.45) is 0 Å². The summed E-state index contributed by atoms with van der Waals surface area (Å²) in [6, 6.07) is 8.73. The fourth-order valence-electron chi connectivity index (χ4n) is 1.92. The number of halogens is 2. The highest BCUT2D eigenvalue weighted by Crippen LogP contribution is 2.25. The Balaban J connectivity index is 2.35. The molecule has 128 valence electrons. The van der Waals surface area contributed by atoms with Gasteiger partial charge in [0.2, 0.25) is 0 Å². The number of carbonyl (C=O) groups excluding carboxylic acids is 1. The predicted octanol–water partition coefficient (Wildman–Crippen LogP) is 3.42. The maximum absolute atomic E-state index is 12.9. The van der Waals surface area contributed by atoms with Crippen LogP contribution in [0, 0.1) is 5.82 Å². The molecule has 0 saturated carbocycles. The van der Waals surface area contributed by atoms with Crippen molar-refractivity contribution in [2.75, 3.05) is 4.72 Å². The first-order valence-corrected chi connectivity index (χ1v) is 8.94. The van der Waals surface area contributed by atoms with Gasteiger partial charge in [-0.25, -0.2) is 12.8 Å². The van der Waals surface area contributed by atoms with Crippen LogP contribution in [-0.4, -0.2) is 20.4 Å². The molecule has 24 heavy (non-hydrogen) atoms. The van der Waals surface area contributed by atoms with Crippen molar-refractivity contribution >= 4 is 33.2 Å². The van der Waals surface area contributed by atoms with E-state index in [2.05, 4.69) is 10.0 Å². The largest absolute Gasteiger partial charge is 0.350 e. The zero-order valence-electron chi connectivity index (χ0n) is 13.0. The van der Waals surface area contributed by atoms with Gasteiger partial charge in [0.1, 0.15) is 10.7 Å². The molecule has 0 radical (unpaired) electrons. The fraction of sp³-hybridized carbons (Fsp3) is 0.188. The number of hydrogen-bond acceptors (Lipinski definition) is 3. The monoisotopic (exact) mass is 370 g/mol. The number of anilines is 1. The second-order valence-corrected chi connectivity index (χ2v) is 7.44. The molecule has 1 amide bonds. The molecule has 5 nitrogen and oxygen atoms in total. The van der Waals surface area contributed by atoms with Crippen molar-refractivity contribution < 1.29 is 17.6 Å². The van der Waals surface area contributed by atoms with Crippen LogP contribution < -0.4 is 10.0 Å². The van der Waals surface area contributed by atoms with E-state index < -0.39 is 21.7 Å². The van der Waals surface area contributed by atoms with Crippen LogP contribution in [0.2, 0.25) is 5.02 Å². The molecule has 0 aliphatic rings. The van der Waals surface area contributed by atoms with Crippen LogP contribution in [0.3, 0.4) is 0 Å². The number of benzene rings is 2. The molecule has 0 saturated heterocycles. The van der Waals surface area contributed by atoms with Crippen LogP contribution in [0.4, 0.5) is 10.1 Å². The molecular weight excluding hydrogens is 355 g/mol. The number of sulfonamides is 1. The summed E-state index contributed by atoms with van der Waals surface area (Å²) in [5.74, 6) is -0.886. The molecule has 0 unspecified atom stereocenters. The minimum absolute atomic E-state index is 0.0225. The van der Waals surface area contributed by atoms with Gasteiger partial charge in [-0.05, 0) is 56.3 Å². The normalized spacial score (nSPS) is 11.4. The van der Waals surface area contributed by atoms with Gasteiger partial charge in [-0.2, -0.15) is 0 Å². The van der Waals surface area contributed by atoms with Gasteiger partial charge in [-0.3, -0.25) is 9.52 Å². The molecule has 0 aromatic heterocycles. The summed E-state index contributed by atoms with van der Waals surface area (Å²) in [4.78, 5) is 11.8. The topological polar surface area (TPSA) is 75.3 Å². The molecule has 2 aromatic rings. The number of rotatable bonds is 5. The third kappa shape index (κ3) is 4.46. The van der Waals surface area contributed by atoms with E-state index in [9.17, 15) is 17.6 Å². The first kappa shape index (κ1) is 18.2. The number of hydrogen-bond donors (Lipinski definition) is 2. The molecular formula is C16H16ClFN2O3S. The van der Waals surface area contributed by atoms with E-state index in [1.54, 1.807) is 13.8 Å². The summed E-state index contributed by atoms with van der Waals surface area (Å²) in [5, 5.41) is 2.65. The zero-order valence-corrected chi connectivity index (χ0v) is 14.6. The van der Waals surface area contributed by atoms with Crippen molar-refractivity contribution in [3.63, 3.8) is 0 Å². The molecule has 0 aliphatic carbocycles. The van der Waals surface area contributed by atoms with Gasteiger partial charge >= 0.3 is 0 Å². The first-order chi connectivity index (χ1) is 11.2. The van der Waals surface area contributed by atoms with Crippen LogP contribution in [0.5, 0.6) is 0 Å². The minimum atomic E-state index is -4.03. The van der Waals surface area contributed by atoms with Gasteiger partial charge < -0.3 is 5.32 Å². The van der Waals surface area contributed by atoms with Crippen molar-refractivity contribution in [1.82, 2.24) is 5.32 Å². The Labute approximate surface area is 144 Å². The number of carbonyl (C=O) groups is 1. The van der Waals surface area contributed by atoms with Gasteiger partial charge in [-0.15, -0.1) is 0 Å². The SMILES string of the molecule is CC(C)NC(=O)c1ccc(Cl)c(S(=O)(=O)Nc2ccc(F)cc2)c1. The summed E-state index contributed by atoms with van der Waals surface area (Å²) in [5.41, 5.74) is 0.358. The lowest BCUT2D eigenvalue weighted by molar-refractivity contribution is 0.0943. The molecule has 2 rings (SSSR count). The molecule has 0 fully saturated rings. The third-order valence-electron chi connectivity index (χ3n) is 3.00. The summed E-state index contributed by atoms with van der Waals surface area (Å²) in [7, 11) is -4.03. The minimum Gasteiger partial charge on any atom is -0.350 e. The molecule has 2 N–H and O–H groups in total. The lowest BCUT2D eigenvalue weighted by Crippen LogP contribution is -2.30. The van der Waals surface area contributed by atoms with E-state index in [4.69, 9.17) is 11.6 Å². The Morgan fingerprint density at radius 2 is 1.75 bits per heavy atom. The standard InChI is InChI=1S/C16H16ClFN2O3S/c1-10(2)19-16(21)11-3-8-14(17)15(9-11)24(22,23)20-13-6-4-12(18)5-7-13/h3-10,20H,1-2H3,(H,19,21). The smallest absolute Gasteiger partial charge is 0.263 e. The Morgan fingerprint density at radius 3 is 2.33 bits per heavy atom. The van der Waals surface area contributed by atoms with Crippen LogP contribution in [0.15, 0.2) is 47.4 Å². The second-order valence-electron chi connectivity index (χ2n) is 5.39. The number of amides is 1. The van der Waals surface area contributed by atoms with Gasteiger partial charge in [0.15, 0.2) is 0 Å². The van der Waals surface area contributed by atoms with Gasteiger partial charge in [0.25, 0.3) is 15.9 Å². The highest BCUT2D eigenvalue weighted by molar-refractivity contribution is 7.92. The summed E-state index contributed by atoms with van der Waals surface area (Å²) in [6.07, 6.45) is 0. The predicted molar refractivity (Wildman–Crippen MR) is 91.3 cm³/mol. The molecule has 0 aliphatic heterocycles. The summed E-state index contributed by atoms with van der Waals surface area (Å²) >= 11 is 5.97. The number of nitrogens with one attached hydrogen (secondary N) is 2. The van der Waals surface area contributed by atoms with Crippen LogP contribution >= 0.6 is 11.6 Å². The Hall–Kier alpha value is -2.12. The molecule has 0 atom stereocenters. The van der Waals surface area contributed by atoms with E-state index in [-0.39, 0.29) is 27.2 Å². The van der Waals surface area contributed by atoms with Crippen LogP contribution in [0.25, 0.3) is 0 Å². The van der Waals surface area contributed by atoms with E-state index in [1.807, 2.05) is 0 Å². The van der Waals surface area contributed by atoms with Gasteiger partial charge in [0.05, 0.1) is 5.02 Å². The maximum Gasteiger partial charge on any atom is 0.263 e. The van der Waals surface area contributed by atoms with Crippen molar-refractivity contribution in [3.8, 4) is 0 Å². The Morgan fingerprint density at radius 1 is 1.12 bits per heavy atom. The molecule has 0 bridgehead atoms. The average Bonchev–Trinajstić information content (AvgIpc) is 2.49. The quantitative estimate of drug-likeness (QED) is 0.846. The van der Waals surface area contributed by atoms with Gasteiger partial charge in [-0.1, -0.05) is 11.6 Å². The third-order valence-corrected chi connectivity index (χ3v) is 4.86. The molecule has 0 heterocycles. The average molecular weight is 371 g/mol. The van der Waals surface area contributed by atoms with E-state index in [1.165, 1.54) is 30.3 Å². The molecule has 0 spiro atoms. The Bertz CT molecular complexity index is 852. The van der Waals surface area contributed by atoms with E-state index in [0.717, 1.165) is 12.1 Å². The molecule has 8 heteroatoms. The zero-order chi connectivity index (χ0) is 17.9. The Kier molecular flexibility index (Phi) is 5.46. The second kappa shape index (κ2) is 7.19. The van der Waals surface area contributed by atoms with E-state index >= 15 is 0 Å². The first-order valence-electron chi connectivity index (χ1n) is 7.08.